The maximum Gasteiger partial charge on any atom is 0.239 e. The molecule has 2 heterocycles. The molecule has 4 nitrogen and oxygen atoms in total. The number of hydrogen-bond acceptors (Lipinski definition) is 4. The molecule has 118 valence electrons. The quantitative estimate of drug-likeness (QED) is 0.780. The van der Waals surface area contributed by atoms with Gasteiger partial charge in [0.25, 0.3) is 0 Å². The minimum Gasteiger partial charge on any atom is -0.371 e. The number of benzene rings is 1. The van der Waals surface area contributed by atoms with Crippen LogP contribution in [0.15, 0.2) is 18.2 Å². The number of amides is 1. The Morgan fingerprint density at radius 1 is 1.45 bits per heavy atom. The molecule has 1 aliphatic rings. The summed E-state index contributed by atoms with van der Waals surface area (Å²) in [5.74, 6) is -0.0133. The van der Waals surface area contributed by atoms with Crippen LogP contribution in [0.25, 0.3) is 10.2 Å². The monoisotopic (exact) mass is 381 g/mol. The molecule has 1 aliphatic heterocycles. The van der Waals surface area contributed by atoms with Gasteiger partial charge in [-0.1, -0.05) is 40.6 Å². The average Bonchev–Trinajstić information content (AvgIpc) is 3.15. The SMILES string of the molecule is CCC[C@H](Br)C(=O)Nc1nc2ccc(N3CCCC3)cc2s1. The lowest BCUT2D eigenvalue weighted by molar-refractivity contribution is -0.115. The molecule has 0 saturated carbocycles. The summed E-state index contributed by atoms with van der Waals surface area (Å²) in [5, 5.41) is 3.59. The van der Waals surface area contributed by atoms with Gasteiger partial charge in [0.2, 0.25) is 5.91 Å². The van der Waals surface area contributed by atoms with E-state index in [1.54, 1.807) is 11.3 Å². The number of alkyl halides is 1. The van der Waals surface area contributed by atoms with Crippen molar-refractivity contribution in [1.29, 1.82) is 0 Å². The Kier molecular flexibility index (Phi) is 4.98. The van der Waals surface area contributed by atoms with Crippen molar-refractivity contribution in [2.24, 2.45) is 0 Å². The molecule has 22 heavy (non-hydrogen) atoms. The Hall–Kier alpha value is -1.14. The van der Waals surface area contributed by atoms with Crippen molar-refractivity contribution >= 4 is 54.2 Å². The number of nitrogens with zero attached hydrogens (tertiary/aromatic N) is 2. The molecule has 1 atom stereocenters. The smallest absolute Gasteiger partial charge is 0.239 e. The Morgan fingerprint density at radius 3 is 2.95 bits per heavy atom. The van der Waals surface area contributed by atoms with E-state index >= 15 is 0 Å². The number of hydrogen-bond donors (Lipinski definition) is 1. The van der Waals surface area contributed by atoms with E-state index in [9.17, 15) is 4.79 Å². The first-order valence-corrected chi connectivity index (χ1v) is 9.51. The molecule has 1 amide bonds. The summed E-state index contributed by atoms with van der Waals surface area (Å²) < 4.78 is 1.13. The minimum absolute atomic E-state index is 0.0133. The molecule has 0 bridgehead atoms. The van der Waals surface area contributed by atoms with Crippen LogP contribution < -0.4 is 10.2 Å². The molecule has 1 saturated heterocycles. The Balaban J connectivity index is 1.76. The second-order valence-corrected chi connectivity index (χ2v) is 7.75. The number of aromatic nitrogens is 1. The van der Waals surface area contributed by atoms with Gasteiger partial charge < -0.3 is 10.2 Å². The van der Waals surface area contributed by atoms with E-state index in [1.807, 2.05) is 6.07 Å². The van der Waals surface area contributed by atoms with E-state index < -0.39 is 0 Å². The molecule has 2 aromatic rings. The fourth-order valence-corrected chi connectivity index (χ4v) is 4.18. The number of fused-ring (bicyclic) bond motifs is 1. The fraction of sp³-hybridized carbons (Fsp3) is 0.500. The molecule has 3 rings (SSSR count). The third-order valence-electron chi connectivity index (χ3n) is 3.90. The first-order chi connectivity index (χ1) is 10.7. The second kappa shape index (κ2) is 6.96. The summed E-state index contributed by atoms with van der Waals surface area (Å²) in [6.07, 6.45) is 4.34. The fourth-order valence-electron chi connectivity index (χ4n) is 2.71. The van der Waals surface area contributed by atoms with Crippen LogP contribution in [0, 0.1) is 0 Å². The highest BCUT2D eigenvalue weighted by Crippen LogP contribution is 2.31. The zero-order valence-corrected chi connectivity index (χ0v) is 15.0. The van der Waals surface area contributed by atoms with E-state index in [2.05, 4.69) is 50.2 Å². The van der Waals surface area contributed by atoms with E-state index in [0.29, 0.717) is 5.13 Å². The van der Waals surface area contributed by atoms with E-state index in [0.717, 1.165) is 36.1 Å². The highest BCUT2D eigenvalue weighted by Gasteiger charge is 2.17. The maximum atomic E-state index is 12.1. The number of carbonyl (C=O) groups is 1. The van der Waals surface area contributed by atoms with Crippen molar-refractivity contribution in [1.82, 2.24) is 4.98 Å². The molecule has 1 N–H and O–H groups in total. The lowest BCUT2D eigenvalue weighted by Gasteiger charge is -2.16. The predicted octanol–water partition coefficient (Wildman–Crippen LogP) is 4.40. The lowest BCUT2D eigenvalue weighted by Crippen LogP contribution is -2.22. The molecule has 1 aromatic carbocycles. The number of rotatable bonds is 5. The van der Waals surface area contributed by atoms with Gasteiger partial charge in [0.05, 0.1) is 15.0 Å². The van der Waals surface area contributed by atoms with Gasteiger partial charge in [0.1, 0.15) is 0 Å². The largest absolute Gasteiger partial charge is 0.371 e. The summed E-state index contributed by atoms with van der Waals surface area (Å²) in [6.45, 7) is 4.34. The molecule has 1 fully saturated rings. The zero-order valence-electron chi connectivity index (χ0n) is 12.6. The highest BCUT2D eigenvalue weighted by molar-refractivity contribution is 9.10. The highest BCUT2D eigenvalue weighted by atomic mass is 79.9. The van der Waals surface area contributed by atoms with Gasteiger partial charge >= 0.3 is 0 Å². The standard InChI is InChI=1S/C16H20BrN3OS/c1-2-5-12(17)15(21)19-16-18-13-7-6-11(10-14(13)22-16)20-8-3-4-9-20/h6-7,10,12H,2-5,8-9H2,1H3,(H,18,19,21)/t12-/m0/s1. The van der Waals surface area contributed by atoms with Gasteiger partial charge in [-0.25, -0.2) is 4.98 Å². The van der Waals surface area contributed by atoms with Crippen LogP contribution in [-0.2, 0) is 4.79 Å². The first kappa shape index (κ1) is 15.7. The summed E-state index contributed by atoms with van der Waals surface area (Å²) in [7, 11) is 0. The number of carbonyl (C=O) groups excluding carboxylic acids is 1. The topological polar surface area (TPSA) is 45.2 Å². The number of halogens is 1. The van der Waals surface area contributed by atoms with Crippen molar-refractivity contribution in [3.8, 4) is 0 Å². The summed E-state index contributed by atoms with van der Waals surface area (Å²) in [4.78, 5) is 18.8. The summed E-state index contributed by atoms with van der Waals surface area (Å²) in [5.41, 5.74) is 2.21. The van der Waals surface area contributed by atoms with E-state index in [-0.39, 0.29) is 10.7 Å². The van der Waals surface area contributed by atoms with Crippen molar-refractivity contribution < 1.29 is 4.79 Å². The van der Waals surface area contributed by atoms with Crippen molar-refractivity contribution in [2.45, 2.75) is 37.4 Å². The third-order valence-corrected chi connectivity index (χ3v) is 5.71. The van der Waals surface area contributed by atoms with Crippen LogP contribution in [0.1, 0.15) is 32.6 Å². The zero-order chi connectivity index (χ0) is 15.5. The average molecular weight is 382 g/mol. The van der Waals surface area contributed by atoms with Crippen molar-refractivity contribution in [2.75, 3.05) is 23.3 Å². The Labute approximate surface area is 143 Å². The molecule has 0 unspecified atom stereocenters. The molecule has 6 heteroatoms. The number of anilines is 2. The van der Waals surface area contributed by atoms with Gasteiger partial charge in [0, 0.05) is 18.8 Å². The number of nitrogens with one attached hydrogen (secondary N) is 1. The van der Waals surface area contributed by atoms with Crippen LogP contribution in [0.2, 0.25) is 0 Å². The number of thiazole rings is 1. The summed E-state index contributed by atoms with van der Waals surface area (Å²) in [6, 6.07) is 6.36. The molecule has 0 spiro atoms. The van der Waals surface area contributed by atoms with Gasteiger partial charge in [-0.2, -0.15) is 0 Å². The van der Waals surface area contributed by atoms with Crippen LogP contribution >= 0.6 is 27.3 Å². The Morgan fingerprint density at radius 2 is 2.23 bits per heavy atom. The predicted molar refractivity (Wildman–Crippen MR) is 97.3 cm³/mol. The molecular formula is C16H20BrN3OS. The van der Waals surface area contributed by atoms with Crippen LogP contribution in [0.3, 0.4) is 0 Å². The minimum atomic E-state index is -0.148. The molecule has 0 radical (unpaired) electrons. The van der Waals surface area contributed by atoms with Crippen molar-refractivity contribution in [3.05, 3.63) is 18.2 Å². The molecular weight excluding hydrogens is 362 g/mol. The third kappa shape index (κ3) is 3.43. The summed E-state index contributed by atoms with van der Waals surface area (Å²) >= 11 is 4.96. The Bertz CT molecular complexity index is 666. The van der Waals surface area contributed by atoms with Crippen molar-refractivity contribution in [3.63, 3.8) is 0 Å². The van der Waals surface area contributed by atoms with Gasteiger partial charge in [-0.15, -0.1) is 0 Å². The van der Waals surface area contributed by atoms with Crippen LogP contribution in [-0.4, -0.2) is 28.8 Å². The van der Waals surface area contributed by atoms with Gasteiger partial charge in [-0.05, 0) is 37.5 Å². The maximum absolute atomic E-state index is 12.1. The molecule has 1 aromatic heterocycles. The van der Waals surface area contributed by atoms with E-state index in [1.165, 1.54) is 18.5 Å². The van der Waals surface area contributed by atoms with Crippen LogP contribution in [0.5, 0.6) is 0 Å². The second-order valence-electron chi connectivity index (χ2n) is 5.61. The normalized spacial score (nSPS) is 16.2. The first-order valence-electron chi connectivity index (χ1n) is 7.78. The molecule has 0 aliphatic carbocycles. The van der Waals surface area contributed by atoms with Gasteiger partial charge in [-0.3, -0.25) is 4.79 Å². The van der Waals surface area contributed by atoms with Crippen LogP contribution in [0.4, 0.5) is 10.8 Å². The van der Waals surface area contributed by atoms with E-state index in [4.69, 9.17) is 0 Å². The van der Waals surface area contributed by atoms with Gasteiger partial charge in [0.15, 0.2) is 5.13 Å². The lowest BCUT2D eigenvalue weighted by atomic mass is 10.2.